The molecular weight excluding hydrogens is 338 g/mol. The molecule has 0 fully saturated rings. The highest BCUT2D eigenvalue weighted by atomic mass is 16.1. The van der Waals surface area contributed by atoms with Crippen molar-refractivity contribution in [2.75, 3.05) is 26.0 Å². The van der Waals surface area contributed by atoms with Crippen LogP contribution in [0, 0.1) is 13.8 Å². The Bertz CT molecular complexity index is 1050. The van der Waals surface area contributed by atoms with Crippen molar-refractivity contribution < 1.29 is 4.79 Å². The van der Waals surface area contributed by atoms with E-state index >= 15 is 0 Å². The number of aryl methyl sites for hydroxylation is 2. The highest BCUT2D eigenvalue weighted by molar-refractivity contribution is 6.09. The molecule has 2 aromatic carbocycles. The molecule has 27 heavy (non-hydrogen) atoms. The zero-order chi connectivity index (χ0) is 19.6. The summed E-state index contributed by atoms with van der Waals surface area (Å²) in [7, 11) is 3.96. The molecule has 0 saturated carbocycles. The Hall–Kier alpha value is -2.92. The number of aromatic nitrogens is 1. The fourth-order valence-electron chi connectivity index (χ4n) is 3.08. The van der Waals surface area contributed by atoms with Crippen molar-refractivity contribution in [1.29, 1.82) is 0 Å². The van der Waals surface area contributed by atoms with E-state index in [0.29, 0.717) is 23.2 Å². The predicted octanol–water partition coefficient (Wildman–Crippen LogP) is 3.43. The van der Waals surface area contributed by atoms with Gasteiger partial charge in [0.1, 0.15) is 0 Å². The molecular formula is C22H25N3O2. The van der Waals surface area contributed by atoms with Crippen LogP contribution in [0.1, 0.15) is 21.5 Å². The molecule has 1 aromatic heterocycles. The maximum Gasteiger partial charge on any atom is 0.258 e. The smallest absolute Gasteiger partial charge is 0.258 e. The first-order valence-electron chi connectivity index (χ1n) is 9.02. The highest BCUT2D eigenvalue weighted by Crippen LogP contribution is 2.22. The molecule has 1 heterocycles. The lowest BCUT2D eigenvalue weighted by Gasteiger charge is -2.14. The van der Waals surface area contributed by atoms with Crippen molar-refractivity contribution in [3.63, 3.8) is 0 Å². The first kappa shape index (κ1) is 18.9. The second-order valence-electron chi connectivity index (χ2n) is 7.16. The molecule has 0 atom stereocenters. The van der Waals surface area contributed by atoms with Gasteiger partial charge in [-0.3, -0.25) is 9.59 Å². The quantitative estimate of drug-likeness (QED) is 0.756. The zero-order valence-electron chi connectivity index (χ0n) is 16.2. The molecule has 5 heteroatoms. The number of rotatable bonds is 5. The van der Waals surface area contributed by atoms with Crippen molar-refractivity contribution in [2.24, 2.45) is 0 Å². The Morgan fingerprint density at radius 2 is 1.85 bits per heavy atom. The lowest BCUT2D eigenvalue weighted by Crippen LogP contribution is -2.26. The van der Waals surface area contributed by atoms with E-state index in [1.807, 2.05) is 63.2 Å². The topological polar surface area (TPSA) is 54.3 Å². The van der Waals surface area contributed by atoms with Crippen molar-refractivity contribution in [2.45, 2.75) is 20.4 Å². The minimum atomic E-state index is -0.166. The maximum absolute atomic E-state index is 12.8. The van der Waals surface area contributed by atoms with Crippen LogP contribution in [-0.2, 0) is 6.54 Å². The zero-order valence-corrected chi connectivity index (χ0v) is 16.2. The minimum Gasteiger partial charge on any atom is -0.321 e. The molecule has 0 unspecified atom stereocenters. The van der Waals surface area contributed by atoms with Gasteiger partial charge in [-0.2, -0.15) is 0 Å². The summed E-state index contributed by atoms with van der Waals surface area (Å²) in [6.45, 7) is 5.29. The molecule has 0 aliphatic rings. The van der Waals surface area contributed by atoms with Crippen LogP contribution < -0.4 is 10.9 Å². The number of pyridine rings is 1. The van der Waals surface area contributed by atoms with Gasteiger partial charge in [-0.05, 0) is 57.8 Å². The Balaban J connectivity index is 1.96. The molecule has 0 saturated heterocycles. The lowest BCUT2D eigenvalue weighted by molar-refractivity contribution is 0.102. The number of carbonyl (C=O) groups excluding carboxylic acids is 1. The van der Waals surface area contributed by atoms with Gasteiger partial charge in [0.05, 0.1) is 0 Å². The van der Waals surface area contributed by atoms with Crippen LogP contribution in [0.2, 0.25) is 0 Å². The Labute approximate surface area is 159 Å². The van der Waals surface area contributed by atoms with E-state index in [9.17, 15) is 9.59 Å². The van der Waals surface area contributed by atoms with Gasteiger partial charge in [0, 0.05) is 41.3 Å². The number of anilines is 1. The number of nitrogens with zero attached hydrogens (tertiary/aromatic N) is 2. The number of hydrogen-bond acceptors (Lipinski definition) is 3. The summed E-state index contributed by atoms with van der Waals surface area (Å²) in [6, 6.07) is 13.1. The summed E-state index contributed by atoms with van der Waals surface area (Å²) >= 11 is 0. The van der Waals surface area contributed by atoms with Crippen molar-refractivity contribution in [3.05, 3.63) is 75.7 Å². The van der Waals surface area contributed by atoms with E-state index in [1.54, 1.807) is 22.9 Å². The minimum absolute atomic E-state index is 0.0443. The van der Waals surface area contributed by atoms with Crippen LogP contribution >= 0.6 is 0 Å². The summed E-state index contributed by atoms with van der Waals surface area (Å²) in [5, 5.41) is 4.33. The van der Waals surface area contributed by atoms with Gasteiger partial charge in [0.15, 0.2) is 0 Å². The monoisotopic (exact) mass is 363 g/mol. The first-order chi connectivity index (χ1) is 12.9. The number of hydrogen-bond donors (Lipinski definition) is 1. The predicted molar refractivity (Wildman–Crippen MR) is 111 cm³/mol. The first-order valence-corrected chi connectivity index (χ1v) is 9.02. The van der Waals surface area contributed by atoms with E-state index in [4.69, 9.17) is 0 Å². The molecule has 5 nitrogen and oxygen atoms in total. The molecule has 140 valence electrons. The lowest BCUT2D eigenvalue weighted by atomic mass is 10.0. The number of nitrogens with one attached hydrogen (secondary N) is 1. The Morgan fingerprint density at radius 1 is 1.07 bits per heavy atom. The van der Waals surface area contributed by atoms with Gasteiger partial charge < -0.3 is 14.8 Å². The van der Waals surface area contributed by atoms with Gasteiger partial charge in [-0.15, -0.1) is 0 Å². The molecule has 0 spiro atoms. The van der Waals surface area contributed by atoms with Crippen LogP contribution in [-0.4, -0.2) is 36.0 Å². The summed E-state index contributed by atoms with van der Waals surface area (Å²) in [5.41, 5.74) is 3.20. The van der Waals surface area contributed by atoms with E-state index in [0.717, 1.165) is 23.1 Å². The molecule has 0 radical (unpaired) electrons. The SMILES string of the molecule is Cc1ccc(C)c(C(=O)Nc2cccc3c(=O)n(CCN(C)C)ccc23)c1. The van der Waals surface area contributed by atoms with Gasteiger partial charge in [0.25, 0.3) is 11.5 Å². The molecule has 0 aliphatic heterocycles. The fourth-order valence-corrected chi connectivity index (χ4v) is 3.08. The normalized spacial score (nSPS) is 11.1. The van der Waals surface area contributed by atoms with Crippen LogP contribution in [0.3, 0.4) is 0 Å². The van der Waals surface area contributed by atoms with Gasteiger partial charge in [-0.25, -0.2) is 0 Å². The third-order valence-corrected chi connectivity index (χ3v) is 4.69. The molecule has 1 amide bonds. The summed E-state index contributed by atoms with van der Waals surface area (Å²) in [6.07, 6.45) is 1.79. The summed E-state index contributed by atoms with van der Waals surface area (Å²) in [4.78, 5) is 27.6. The summed E-state index contributed by atoms with van der Waals surface area (Å²) < 4.78 is 1.71. The average molecular weight is 363 g/mol. The number of likely N-dealkylation sites (N-methyl/N-ethyl adjacent to an activating group) is 1. The highest BCUT2D eigenvalue weighted by Gasteiger charge is 2.13. The molecule has 3 rings (SSSR count). The van der Waals surface area contributed by atoms with Crippen molar-refractivity contribution >= 4 is 22.4 Å². The molecule has 0 aliphatic carbocycles. The molecule has 0 bridgehead atoms. The Morgan fingerprint density at radius 3 is 2.59 bits per heavy atom. The number of carbonyl (C=O) groups is 1. The van der Waals surface area contributed by atoms with Crippen molar-refractivity contribution in [1.82, 2.24) is 9.47 Å². The maximum atomic E-state index is 12.8. The van der Waals surface area contributed by atoms with E-state index in [1.165, 1.54) is 0 Å². The largest absolute Gasteiger partial charge is 0.321 e. The summed E-state index contributed by atoms with van der Waals surface area (Å²) in [5.74, 6) is -0.166. The Kier molecular flexibility index (Phi) is 5.42. The van der Waals surface area contributed by atoms with E-state index in [2.05, 4.69) is 5.32 Å². The third-order valence-electron chi connectivity index (χ3n) is 4.69. The standard InChI is InChI=1S/C22H25N3O2/c1-15-8-9-16(2)19(14-15)21(26)23-20-7-5-6-18-17(20)10-11-25(22(18)27)13-12-24(3)4/h5-11,14H,12-13H2,1-4H3,(H,23,26). The van der Waals surface area contributed by atoms with Crippen LogP contribution in [0.25, 0.3) is 10.8 Å². The van der Waals surface area contributed by atoms with Crippen LogP contribution in [0.4, 0.5) is 5.69 Å². The number of fused-ring (bicyclic) bond motifs is 1. The second-order valence-corrected chi connectivity index (χ2v) is 7.16. The van der Waals surface area contributed by atoms with Gasteiger partial charge in [0.2, 0.25) is 0 Å². The number of benzene rings is 2. The van der Waals surface area contributed by atoms with Gasteiger partial charge >= 0.3 is 0 Å². The average Bonchev–Trinajstić information content (AvgIpc) is 2.63. The molecule has 1 N–H and O–H groups in total. The molecule has 3 aromatic rings. The second kappa shape index (κ2) is 7.76. The van der Waals surface area contributed by atoms with E-state index < -0.39 is 0 Å². The number of amides is 1. The third kappa shape index (κ3) is 4.09. The van der Waals surface area contributed by atoms with E-state index in [-0.39, 0.29) is 11.5 Å². The van der Waals surface area contributed by atoms with Crippen molar-refractivity contribution in [3.8, 4) is 0 Å². The van der Waals surface area contributed by atoms with Gasteiger partial charge in [-0.1, -0.05) is 23.8 Å². The van der Waals surface area contributed by atoms with Crippen LogP contribution in [0.15, 0.2) is 53.5 Å². The fraction of sp³-hybridized carbons (Fsp3) is 0.273. The van der Waals surface area contributed by atoms with Crippen LogP contribution in [0.5, 0.6) is 0 Å².